The lowest BCUT2D eigenvalue weighted by atomic mass is 9.45. The number of hydrogen-bond donors (Lipinski definition) is 1. The quantitative estimate of drug-likeness (QED) is 0.479. The molecule has 4 rings (SSSR count). The van der Waals surface area contributed by atoms with Crippen LogP contribution in [0.3, 0.4) is 0 Å². The predicted molar refractivity (Wildman–Crippen MR) is 85.6 cm³/mol. The van der Waals surface area contributed by atoms with E-state index in [-0.39, 0.29) is 0 Å². The molecule has 118 valence electrons. The summed E-state index contributed by atoms with van der Waals surface area (Å²) < 4.78 is 0. The van der Waals surface area contributed by atoms with E-state index in [1.807, 2.05) is 0 Å². The average Bonchev–Trinajstić information content (AvgIpc) is 2.87. The third kappa shape index (κ3) is 1.86. The minimum absolute atomic E-state index is 0.529. The predicted octanol–water partition coefficient (Wildman–Crippen LogP) is 5.25. The highest BCUT2D eigenvalue weighted by atomic mass is 16.4. The molecule has 0 bridgehead atoms. The molecule has 4 fully saturated rings. The lowest BCUT2D eigenvalue weighted by Gasteiger charge is -2.59. The Labute approximate surface area is 129 Å². The number of nitrogens with zero attached hydrogens (tertiary/aromatic N) is 1. The van der Waals surface area contributed by atoms with Crippen LogP contribution >= 0.6 is 0 Å². The zero-order valence-electron chi connectivity index (χ0n) is 13.8. The van der Waals surface area contributed by atoms with E-state index >= 15 is 0 Å². The second-order valence-corrected chi connectivity index (χ2v) is 9.07. The molecular formula is C19H31NO. The Morgan fingerprint density at radius 2 is 1.81 bits per heavy atom. The van der Waals surface area contributed by atoms with Crippen molar-refractivity contribution in [3.05, 3.63) is 0 Å². The van der Waals surface area contributed by atoms with Crippen LogP contribution in [0.2, 0.25) is 0 Å². The summed E-state index contributed by atoms with van der Waals surface area (Å²) in [7, 11) is 0. The Morgan fingerprint density at radius 1 is 0.952 bits per heavy atom. The Balaban J connectivity index is 1.74. The van der Waals surface area contributed by atoms with Gasteiger partial charge in [0, 0.05) is 5.92 Å². The summed E-state index contributed by atoms with van der Waals surface area (Å²) in [6.07, 6.45) is 13.6. The molecule has 0 radical (unpaired) electrons. The molecule has 0 spiro atoms. The highest BCUT2D eigenvalue weighted by Crippen LogP contribution is 2.65. The Kier molecular flexibility index (Phi) is 3.17. The summed E-state index contributed by atoms with van der Waals surface area (Å²) in [6.45, 7) is 5.10. The Bertz CT molecular complexity index is 458. The third-order valence-electron chi connectivity index (χ3n) is 8.32. The lowest BCUT2D eigenvalue weighted by Crippen LogP contribution is -2.55. The molecule has 6 atom stereocenters. The van der Waals surface area contributed by atoms with Gasteiger partial charge in [-0.2, -0.15) is 0 Å². The van der Waals surface area contributed by atoms with E-state index in [4.69, 9.17) is 0 Å². The van der Waals surface area contributed by atoms with Crippen molar-refractivity contribution in [3.63, 3.8) is 0 Å². The summed E-state index contributed by atoms with van der Waals surface area (Å²) >= 11 is 0. The fourth-order valence-electron chi connectivity index (χ4n) is 7.08. The van der Waals surface area contributed by atoms with Crippen molar-refractivity contribution in [1.82, 2.24) is 0 Å². The first-order chi connectivity index (χ1) is 10.1. The van der Waals surface area contributed by atoms with Crippen LogP contribution in [0.15, 0.2) is 5.16 Å². The lowest BCUT2D eigenvalue weighted by molar-refractivity contribution is -0.0580. The van der Waals surface area contributed by atoms with Gasteiger partial charge in [0.15, 0.2) is 0 Å². The summed E-state index contributed by atoms with van der Waals surface area (Å²) in [5.74, 6) is 2.96. The highest BCUT2D eigenvalue weighted by molar-refractivity contribution is 5.88. The van der Waals surface area contributed by atoms with E-state index in [2.05, 4.69) is 19.0 Å². The van der Waals surface area contributed by atoms with E-state index in [0.717, 1.165) is 24.2 Å². The number of rotatable bonds is 0. The maximum Gasteiger partial charge on any atom is 0.0610 e. The topological polar surface area (TPSA) is 32.6 Å². The van der Waals surface area contributed by atoms with E-state index in [0.29, 0.717) is 16.7 Å². The molecule has 1 N–H and O–H groups in total. The van der Waals surface area contributed by atoms with Gasteiger partial charge in [0.2, 0.25) is 0 Å². The summed E-state index contributed by atoms with van der Waals surface area (Å²) in [6, 6.07) is 0. The van der Waals surface area contributed by atoms with Crippen molar-refractivity contribution in [3.8, 4) is 0 Å². The van der Waals surface area contributed by atoms with Crippen LogP contribution in [0, 0.1) is 34.5 Å². The maximum absolute atomic E-state index is 9.70. The molecule has 4 saturated carbocycles. The van der Waals surface area contributed by atoms with Crippen molar-refractivity contribution < 1.29 is 5.21 Å². The van der Waals surface area contributed by atoms with Gasteiger partial charge in [0.05, 0.1) is 5.71 Å². The molecule has 1 unspecified atom stereocenters. The monoisotopic (exact) mass is 289 g/mol. The number of hydrogen-bond acceptors (Lipinski definition) is 2. The van der Waals surface area contributed by atoms with Crippen LogP contribution in [0.25, 0.3) is 0 Å². The van der Waals surface area contributed by atoms with Gasteiger partial charge < -0.3 is 5.21 Å². The van der Waals surface area contributed by atoms with Crippen molar-refractivity contribution in [2.45, 2.75) is 78.1 Å². The smallest absolute Gasteiger partial charge is 0.0610 e. The molecule has 2 heteroatoms. The fourth-order valence-corrected chi connectivity index (χ4v) is 7.08. The molecule has 0 heterocycles. The first kappa shape index (κ1) is 14.1. The highest BCUT2D eigenvalue weighted by Gasteiger charge is 2.59. The first-order valence-corrected chi connectivity index (χ1v) is 9.29. The van der Waals surface area contributed by atoms with E-state index in [1.165, 1.54) is 63.5 Å². The molecular weight excluding hydrogens is 258 g/mol. The van der Waals surface area contributed by atoms with Gasteiger partial charge in [-0.1, -0.05) is 38.3 Å². The second-order valence-electron chi connectivity index (χ2n) is 9.07. The molecule has 0 saturated heterocycles. The molecule has 0 aromatic rings. The number of oxime groups is 1. The van der Waals surface area contributed by atoms with Gasteiger partial charge in [0.1, 0.15) is 0 Å². The third-order valence-corrected chi connectivity index (χ3v) is 8.32. The van der Waals surface area contributed by atoms with Gasteiger partial charge in [-0.05, 0) is 73.5 Å². The van der Waals surface area contributed by atoms with Crippen LogP contribution in [-0.4, -0.2) is 10.9 Å². The largest absolute Gasteiger partial charge is 0.411 e. The summed E-state index contributed by atoms with van der Waals surface area (Å²) in [4.78, 5) is 0. The standard InChI is InChI=1S/C19H31NO/c1-18-9-5-7-14(18)17-15(8-11-18)19(2)10-4-3-6-13(19)12-16(17)20-21/h13-15,17,21H,3-12H2,1-2H3/t13?,14-,15+,17-,18-,19-/m0/s1. The summed E-state index contributed by atoms with van der Waals surface area (Å²) in [5, 5.41) is 13.6. The molecule has 21 heavy (non-hydrogen) atoms. The summed E-state index contributed by atoms with van der Waals surface area (Å²) in [5.41, 5.74) is 2.25. The first-order valence-electron chi connectivity index (χ1n) is 9.29. The van der Waals surface area contributed by atoms with Crippen LogP contribution in [0.5, 0.6) is 0 Å². The van der Waals surface area contributed by atoms with Crippen LogP contribution in [0.4, 0.5) is 0 Å². The van der Waals surface area contributed by atoms with Gasteiger partial charge >= 0.3 is 0 Å². The van der Waals surface area contributed by atoms with Gasteiger partial charge in [0.25, 0.3) is 0 Å². The molecule has 0 amide bonds. The van der Waals surface area contributed by atoms with E-state index < -0.39 is 0 Å². The zero-order chi connectivity index (χ0) is 14.7. The van der Waals surface area contributed by atoms with Crippen molar-refractivity contribution >= 4 is 5.71 Å². The maximum atomic E-state index is 9.70. The second kappa shape index (κ2) is 4.73. The average molecular weight is 289 g/mol. The van der Waals surface area contributed by atoms with Gasteiger partial charge in [-0.25, -0.2) is 0 Å². The fraction of sp³-hybridized carbons (Fsp3) is 0.947. The zero-order valence-corrected chi connectivity index (χ0v) is 13.8. The van der Waals surface area contributed by atoms with E-state index in [1.54, 1.807) is 0 Å². The van der Waals surface area contributed by atoms with Gasteiger partial charge in [-0.3, -0.25) is 0 Å². The molecule has 4 aliphatic rings. The minimum Gasteiger partial charge on any atom is -0.411 e. The van der Waals surface area contributed by atoms with E-state index in [9.17, 15) is 5.21 Å². The van der Waals surface area contributed by atoms with Crippen LogP contribution in [0.1, 0.15) is 78.1 Å². The van der Waals surface area contributed by atoms with Crippen LogP contribution < -0.4 is 0 Å². The van der Waals surface area contributed by atoms with Gasteiger partial charge in [-0.15, -0.1) is 0 Å². The molecule has 0 aromatic heterocycles. The SMILES string of the molecule is C[C@@]12CCC[C@H]1[C@@H]1C(=NO)CC3CCCC[C@]3(C)[C@@H]1CC2. The van der Waals surface area contributed by atoms with Crippen molar-refractivity contribution in [2.24, 2.45) is 39.7 Å². The van der Waals surface area contributed by atoms with Crippen LogP contribution in [-0.2, 0) is 0 Å². The van der Waals surface area contributed by atoms with Crippen molar-refractivity contribution in [1.29, 1.82) is 0 Å². The molecule has 4 aliphatic carbocycles. The Morgan fingerprint density at radius 3 is 2.62 bits per heavy atom. The number of fused-ring (bicyclic) bond motifs is 5. The molecule has 0 aromatic carbocycles. The van der Waals surface area contributed by atoms with Crippen molar-refractivity contribution in [2.75, 3.05) is 0 Å². The Hall–Kier alpha value is -0.530. The minimum atomic E-state index is 0.529. The molecule has 0 aliphatic heterocycles. The normalized spacial score (nSPS) is 54.9. The molecule has 2 nitrogen and oxygen atoms in total.